The Balaban J connectivity index is 0.676. The van der Waals surface area contributed by atoms with Crippen molar-refractivity contribution in [2.75, 3.05) is 0 Å². The SMILES string of the molecule is CCCCCCc1cc(-c2ccc3nc4cc5ccccc5cc4nc3c2)sc1-c1ccc(-c2ccc(-c3sc(-c4cc(CCCCCC)c(-c5ccc(-c6ccc(-c7sc(-c8ccc9nc%10cc%11ccccc%11cc%10nc9c8)cc7CCCCCC)s6)s5)s4)cc3CCCCCC)s2)s1. The van der Waals surface area contributed by atoms with Gasteiger partial charge in [0.1, 0.15) is 0 Å². The molecule has 0 N–H and O–H groups in total. The number of fused-ring (bicyclic) bond motifs is 6. The van der Waals surface area contributed by atoms with Crippen LogP contribution >= 0.6 is 90.7 Å². The average Bonchev–Trinajstić information content (AvgIpc) is 1.16. The largest absolute Gasteiger partial charge is 0.244 e. The van der Waals surface area contributed by atoms with E-state index in [0.29, 0.717) is 0 Å². The van der Waals surface area contributed by atoms with Crippen molar-refractivity contribution in [2.24, 2.45) is 0 Å². The second kappa shape index (κ2) is 30.7. The second-order valence-corrected chi connectivity index (χ2v) is 35.5. The third kappa shape index (κ3) is 14.4. The molecule has 0 bridgehead atoms. The van der Waals surface area contributed by atoms with E-state index >= 15 is 0 Å². The number of aromatic nitrogens is 4. The number of hydrogen-bond acceptors (Lipinski definition) is 12. The van der Waals surface area contributed by atoms with Gasteiger partial charge in [-0.05, 0) is 228 Å². The normalized spacial score (nSPS) is 12.0. The van der Waals surface area contributed by atoms with Gasteiger partial charge < -0.3 is 0 Å². The predicted octanol–water partition coefficient (Wildman–Crippen LogP) is 30.2. The van der Waals surface area contributed by atoms with Crippen LogP contribution in [0.15, 0.2) is 182 Å². The molecule has 0 saturated carbocycles. The Morgan fingerprint density at radius 1 is 0.210 bits per heavy atom. The number of thiophene rings is 8. The summed E-state index contributed by atoms with van der Waals surface area (Å²) in [5.41, 5.74) is 15.9. The fourth-order valence-electron chi connectivity index (χ4n) is 14.2. The molecular formula is C88H82N4S8. The van der Waals surface area contributed by atoms with Crippen LogP contribution in [0.2, 0.25) is 0 Å². The topological polar surface area (TPSA) is 51.6 Å². The van der Waals surface area contributed by atoms with Gasteiger partial charge in [-0.15, -0.1) is 90.7 Å². The van der Waals surface area contributed by atoms with E-state index < -0.39 is 0 Å². The number of aryl methyl sites for hydroxylation is 4. The van der Waals surface area contributed by atoms with Gasteiger partial charge in [0.15, 0.2) is 0 Å². The van der Waals surface area contributed by atoms with E-state index in [-0.39, 0.29) is 0 Å². The Hall–Kier alpha value is -7.36. The molecule has 16 aromatic rings. The molecule has 6 aromatic carbocycles. The van der Waals surface area contributed by atoms with Crippen LogP contribution in [0.3, 0.4) is 0 Å². The lowest BCUT2D eigenvalue weighted by atomic mass is 10.0. The monoisotopic (exact) mass is 1450 g/mol. The molecule has 10 heterocycles. The zero-order chi connectivity index (χ0) is 67.5. The van der Waals surface area contributed by atoms with Gasteiger partial charge in [0, 0.05) is 78.0 Å². The Labute approximate surface area is 620 Å². The van der Waals surface area contributed by atoms with Crippen LogP contribution in [0.5, 0.6) is 0 Å². The first-order valence-corrected chi connectivity index (χ1v) is 43.0. The number of nitrogens with zero attached hydrogens (tertiary/aromatic N) is 4. The van der Waals surface area contributed by atoms with Crippen LogP contribution in [0.25, 0.3) is 155 Å². The van der Waals surface area contributed by atoms with Crippen LogP contribution in [0, 0.1) is 0 Å². The van der Waals surface area contributed by atoms with Crippen molar-refractivity contribution in [1.29, 1.82) is 0 Å². The van der Waals surface area contributed by atoms with E-state index in [0.717, 1.165) is 69.8 Å². The molecule has 12 heteroatoms. The van der Waals surface area contributed by atoms with Crippen molar-refractivity contribution in [3.8, 4) is 89.2 Å². The van der Waals surface area contributed by atoms with Crippen molar-refractivity contribution in [3.63, 3.8) is 0 Å². The summed E-state index contributed by atoms with van der Waals surface area (Å²) >= 11 is 15.9. The van der Waals surface area contributed by atoms with E-state index in [1.807, 2.05) is 90.7 Å². The smallest absolute Gasteiger partial charge is 0.0901 e. The molecule has 4 nitrogen and oxygen atoms in total. The van der Waals surface area contributed by atoms with Gasteiger partial charge in [0.2, 0.25) is 0 Å². The summed E-state index contributed by atoms with van der Waals surface area (Å²) in [6, 6.07) is 68.5. The highest BCUT2D eigenvalue weighted by Gasteiger charge is 2.24. The standard InChI is InChI=1S/C88H82N4S8/c1-5-9-13-17-29-61-51-81(59-33-35-65-67(49-59)91-71-47-57-27-23-21-25-55(57)45-69(71)89-65)97-85(61)77-41-37-73(93-77)75-39-43-79(95-75)87-63(31-19-15-11-7-3)53-83(99-87)84-54-64(32-20-16-12-8-4)88(100-84)80-44-40-76(96-80)74-38-42-78(94-74)86-62(30-18-14-10-6-2)52-82(98-86)60-34-36-66-68(50-60)92-72-48-58-28-24-22-26-56(58)46-70(72)90-66/h21-28,33-54H,5-20,29-32H2,1-4H3. The average molecular weight is 1450 g/mol. The molecule has 502 valence electrons. The van der Waals surface area contributed by atoms with Crippen molar-refractivity contribution < 1.29 is 0 Å². The van der Waals surface area contributed by atoms with Gasteiger partial charge in [-0.25, -0.2) is 19.9 Å². The van der Waals surface area contributed by atoms with Crippen LogP contribution in [-0.4, -0.2) is 19.9 Å². The molecule has 0 fully saturated rings. The predicted molar refractivity (Wildman–Crippen MR) is 446 cm³/mol. The lowest BCUT2D eigenvalue weighted by Crippen LogP contribution is -1.88. The van der Waals surface area contributed by atoms with Gasteiger partial charge in [-0.2, -0.15) is 0 Å². The summed E-state index contributed by atoms with van der Waals surface area (Å²) in [4.78, 5) is 42.7. The van der Waals surface area contributed by atoms with E-state index in [1.165, 1.54) is 236 Å². The minimum atomic E-state index is 0.935. The van der Waals surface area contributed by atoms with Crippen LogP contribution in [0.1, 0.15) is 153 Å². The van der Waals surface area contributed by atoms with E-state index in [1.54, 1.807) is 0 Å². The summed E-state index contributed by atoms with van der Waals surface area (Å²) in [5.74, 6) is 0. The van der Waals surface area contributed by atoms with Gasteiger partial charge in [0.25, 0.3) is 0 Å². The molecular weight excluding hydrogens is 1370 g/mol. The zero-order valence-corrected chi connectivity index (χ0v) is 64.0. The molecule has 0 aliphatic carbocycles. The van der Waals surface area contributed by atoms with Crippen molar-refractivity contribution in [2.45, 2.75) is 156 Å². The van der Waals surface area contributed by atoms with Crippen LogP contribution in [-0.2, 0) is 25.7 Å². The van der Waals surface area contributed by atoms with Crippen molar-refractivity contribution in [1.82, 2.24) is 19.9 Å². The summed E-state index contributed by atoms with van der Waals surface area (Å²) in [6.45, 7) is 9.27. The second-order valence-electron chi connectivity index (χ2n) is 27.0. The van der Waals surface area contributed by atoms with Gasteiger partial charge in [-0.3, -0.25) is 0 Å². The zero-order valence-electron chi connectivity index (χ0n) is 57.5. The summed E-state index contributed by atoms with van der Waals surface area (Å²) in [7, 11) is 0. The summed E-state index contributed by atoms with van der Waals surface area (Å²) < 4.78 is 0. The molecule has 0 aliphatic heterocycles. The maximum Gasteiger partial charge on any atom is 0.0901 e. The first-order chi connectivity index (χ1) is 49.3. The summed E-state index contributed by atoms with van der Waals surface area (Å²) in [6.07, 6.45) is 24.4. The van der Waals surface area contributed by atoms with Crippen molar-refractivity contribution >= 4 is 156 Å². The van der Waals surface area contributed by atoms with Gasteiger partial charge in [0.05, 0.1) is 44.1 Å². The number of unbranched alkanes of at least 4 members (excludes halogenated alkanes) is 12. The molecule has 10 aromatic heterocycles. The lowest BCUT2D eigenvalue weighted by molar-refractivity contribution is 0.668. The quantitative estimate of drug-likeness (QED) is 0.0346. The molecule has 0 atom stereocenters. The third-order valence-electron chi connectivity index (χ3n) is 19.7. The first-order valence-electron chi connectivity index (χ1n) is 36.4. The minimum absolute atomic E-state index is 0.935. The Bertz CT molecular complexity index is 5220. The third-order valence-corrected chi connectivity index (χ3v) is 30.1. The maximum absolute atomic E-state index is 5.20. The number of hydrogen-bond donors (Lipinski definition) is 0. The fraction of sp³-hybridized carbons (Fsp3) is 0.273. The fourth-order valence-corrected chi connectivity index (χ4v) is 23.9. The Morgan fingerprint density at radius 2 is 0.470 bits per heavy atom. The van der Waals surface area contributed by atoms with Gasteiger partial charge in [-0.1, -0.05) is 165 Å². The number of rotatable bonds is 29. The van der Waals surface area contributed by atoms with E-state index in [2.05, 4.69) is 210 Å². The molecule has 100 heavy (non-hydrogen) atoms. The molecule has 0 aliphatic rings. The molecule has 0 amide bonds. The minimum Gasteiger partial charge on any atom is -0.244 e. The van der Waals surface area contributed by atoms with Crippen LogP contribution in [0.4, 0.5) is 0 Å². The Morgan fingerprint density at radius 3 is 0.770 bits per heavy atom. The lowest BCUT2D eigenvalue weighted by Gasteiger charge is -2.05. The van der Waals surface area contributed by atoms with E-state index in [4.69, 9.17) is 19.9 Å². The Kier molecular flexibility index (Phi) is 20.6. The first kappa shape index (κ1) is 67.1. The van der Waals surface area contributed by atoms with Gasteiger partial charge >= 0.3 is 0 Å². The molecule has 0 unspecified atom stereocenters. The molecule has 16 rings (SSSR count). The molecule has 0 spiro atoms. The highest BCUT2D eigenvalue weighted by atomic mass is 32.1. The van der Waals surface area contributed by atoms with Crippen molar-refractivity contribution in [3.05, 3.63) is 204 Å². The highest BCUT2D eigenvalue weighted by Crippen LogP contribution is 2.52. The molecule has 0 saturated heterocycles. The molecule has 0 radical (unpaired) electrons. The van der Waals surface area contributed by atoms with Crippen LogP contribution < -0.4 is 0 Å². The van der Waals surface area contributed by atoms with E-state index in [9.17, 15) is 0 Å². The number of benzene rings is 6. The maximum atomic E-state index is 5.20. The highest BCUT2D eigenvalue weighted by molar-refractivity contribution is 7.32. The summed E-state index contributed by atoms with van der Waals surface area (Å²) in [5, 5.41) is 4.77.